The number of hydrogen-bond acceptors (Lipinski definition) is 2. The average molecular weight is 284 g/mol. The van der Waals surface area contributed by atoms with Gasteiger partial charge >= 0.3 is 15.2 Å². The van der Waals surface area contributed by atoms with Crippen LogP contribution in [0.25, 0.3) is 0 Å². The molecule has 6 nitrogen and oxygen atoms in total. The Morgan fingerprint density at radius 1 is 0.941 bits per heavy atom. The van der Waals surface area contributed by atoms with E-state index in [4.69, 9.17) is 9.79 Å². The predicted octanol–water partition coefficient (Wildman–Crippen LogP) is 1.43. The lowest BCUT2D eigenvalue weighted by molar-refractivity contribution is 0.304. The van der Waals surface area contributed by atoms with Crippen molar-refractivity contribution >= 4 is 15.2 Å². The molecule has 0 bridgehead atoms. The van der Waals surface area contributed by atoms with Crippen LogP contribution in [0.15, 0.2) is 0 Å². The fourth-order valence-corrected chi connectivity index (χ4v) is 5.19. The highest BCUT2D eigenvalue weighted by Crippen LogP contribution is 2.80. The number of rotatable bonds is 6. The van der Waals surface area contributed by atoms with Gasteiger partial charge < -0.3 is 19.6 Å². The summed E-state index contributed by atoms with van der Waals surface area (Å²) in [6.45, 7) is 0. The van der Waals surface area contributed by atoms with Gasteiger partial charge in [-0.05, 0) is 43.9 Å². The maximum atomic E-state index is 11.5. The topological polar surface area (TPSA) is 115 Å². The minimum atomic E-state index is -4.09. The Hall–Kier alpha value is 0.300. The molecule has 2 rings (SSSR count). The molecule has 0 aromatic carbocycles. The first-order valence-electron chi connectivity index (χ1n) is 5.72. The lowest BCUT2D eigenvalue weighted by Crippen LogP contribution is -2.24. The Labute approximate surface area is 99.7 Å². The van der Waals surface area contributed by atoms with Crippen LogP contribution in [-0.4, -0.2) is 30.9 Å². The molecule has 0 radical (unpaired) electrons. The summed E-state index contributed by atoms with van der Waals surface area (Å²) in [6.07, 6.45) is 3.32. The minimum Gasteiger partial charge on any atom is -0.324 e. The summed E-state index contributed by atoms with van der Waals surface area (Å²) in [6, 6.07) is 0. The van der Waals surface area contributed by atoms with Crippen molar-refractivity contribution in [3.8, 4) is 0 Å². The third-order valence-electron chi connectivity index (χ3n) is 4.23. The zero-order valence-electron chi connectivity index (χ0n) is 9.45. The van der Waals surface area contributed by atoms with Crippen LogP contribution in [0.4, 0.5) is 0 Å². The highest BCUT2D eigenvalue weighted by molar-refractivity contribution is 7.54. The predicted molar refractivity (Wildman–Crippen MR) is 61.8 cm³/mol. The maximum absolute atomic E-state index is 11.5. The molecular weight excluding hydrogens is 266 g/mol. The molecule has 2 aliphatic carbocycles. The maximum Gasteiger partial charge on any atom is 0.332 e. The standard InChI is InChI=1S/C9H18O6P2/c10-16(11,12)7-1-2-8(3-4-8)9(5-6-9)17(13,14)15/h1-7H2,(H2,10,11,12)(H2,13,14,15). The Morgan fingerprint density at radius 2 is 1.47 bits per heavy atom. The zero-order valence-corrected chi connectivity index (χ0v) is 11.2. The van der Waals surface area contributed by atoms with E-state index in [1.54, 1.807) is 0 Å². The van der Waals surface area contributed by atoms with Gasteiger partial charge in [0.25, 0.3) is 0 Å². The Morgan fingerprint density at radius 3 is 1.76 bits per heavy atom. The monoisotopic (exact) mass is 284 g/mol. The summed E-state index contributed by atoms with van der Waals surface area (Å²) in [4.78, 5) is 36.3. The molecule has 17 heavy (non-hydrogen) atoms. The minimum absolute atomic E-state index is 0.189. The summed E-state index contributed by atoms with van der Waals surface area (Å²) >= 11 is 0. The van der Waals surface area contributed by atoms with E-state index in [1.807, 2.05) is 0 Å². The third-order valence-corrected chi connectivity index (χ3v) is 7.16. The van der Waals surface area contributed by atoms with Crippen molar-refractivity contribution in [2.24, 2.45) is 5.41 Å². The lowest BCUT2D eigenvalue weighted by atomic mass is 9.94. The highest BCUT2D eigenvalue weighted by Gasteiger charge is 2.72. The van der Waals surface area contributed by atoms with Crippen LogP contribution in [0.2, 0.25) is 0 Å². The number of hydrogen-bond donors (Lipinski definition) is 4. The molecule has 0 heterocycles. The smallest absolute Gasteiger partial charge is 0.324 e. The van der Waals surface area contributed by atoms with Crippen LogP contribution in [0.1, 0.15) is 38.5 Å². The van der Waals surface area contributed by atoms with E-state index in [2.05, 4.69) is 0 Å². The molecule has 0 amide bonds. The molecule has 0 aromatic rings. The van der Waals surface area contributed by atoms with E-state index in [0.717, 1.165) is 12.8 Å². The van der Waals surface area contributed by atoms with Gasteiger partial charge in [-0.2, -0.15) is 0 Å². The molecule has 2 aliphatic rings. The Kier molecular flexibility index (Phi) is 3.14. The molecular formula is C9H18O6P2. The van der Waals surface area contributed by atoms with E-state index < -0.39 is 20.3 Å². The van der Waals surface area contributed by atoms with Gasteiger partial charge in [0, 0.05) is 6.16 Å². The van der Waals surface area contributed by atoms with Gasteiger partial charge in [-0.1, -0.05) is 0 Å². The molecule has 2 fully saturated rings. The van der Waals surface area contributed by atoms with Crippen molar-refractivity contribution in [3.05, 3.63) is 0 Å². The molecule has 2 saturated carbocycles. The van der Waals surface area contributed by atoms with Gasteiger partial charge in [0.1, 0.15) is 0 Å². The normalized spacial score (nSPS) is 25.6. The van der Waals surface area contributed by atoms with E-state index in [0.29, 0.717) is 25.7 Å². The molecule has 0 saturated heterocycles. The second kappa shape index (κ2) is 3.89. The van der Waals surface area contributed by atoms with Gasteiger partial charge in [-0.15, -0.1) is 0 Å². The summed E-state index contributed by atoms with van der Waals surface area (Å²) < 4.78 is 22.2. The van der Waals surface area contributed by atoms with Crippen molar-refractivity contribution in [2.75, 3.05) is 6.16 Å². The third kappa shape index (κ3) is 2.53. The summed E-state index contributed by atoms with van der Waals surface area (Å²) in [5, 5.41) is -0.866. The van der Waals surface area contributed by atoms with Crippen LogP contribution < -0.4 is 0 Å². The van der Waals surface area contributed by atoms with Gasteiger partial charge in [-0.25, -0.2) is 0 Å². The summed E-state index contributed by atoms with van der Waals surface area (Å²) in [5.74, 6) is 0. The van der Waals surface area contributed by atoms with Crippen LogP contribution in [0, 0.1) is 5.41 Å². The van der Waals surface area contributed by atoms with Crippen molar-refractivity contribution in [1.82, 2.24) is 0 Å². The first-order chi connectivity index (χ1) is 7.62. The summed E-state index contributed by atoms with van der Waals surface area (Å²) in [7, 11) is -8.08. The Bertz CT molecular complexity index is 400. The van der Waals surface area contributed by atoms with Gasteiger partial charge in [0.05, 0.1) is 5.16 Å². The molecule has 0 aromatic heterocycles. The van der Waals surface area contributed by atoms with E-state index >= 15 is 0 Å². The van der Waals surface area contributed by atoms with Crippen LogP contribution in [0.5, 0.6) is 0 Å². The first kappa shape index (κ1) is 13.7. The van der Waals surface area contributed by atoms with Crippen molar-refractivity contribution in [1.29, 1.82) is 0 Å². The SMILES string of the molecule is O=P(O)(O)CCCC1(C2(P(=O)(O)O)CC2)CC1. The van der Waals surface area contributed by atoms with Crippen LogP contribution >= 0.6 is 15.2 Å². The fourth-order valence-electron chi connectivity index (χ4n) is 2.97. The van der Waals surface area contributed by atoms with E-state index in [-0.39, 0.29) is 11.6 Å². The average Bonchev–Trinajstić information content (AvgIpc) is 2.94. The summed E-state index contributed by atoms with van der Waals surface area (Å²) in [5.41, 5.74) is -0.346. The molecule has 8 heteroatoms. The molecule has 4 N–H and O–H groups in total. The quantitative estimate of drug-likeness (QED) is 0.548. The van der Waals surface area contributed by atoms with E-state index in [1.165, 1.54) is 0 Å². The van der Waals surface area contributed by atoms with Crippen LogP contribution in [-0.2, 0) is 9.13 Å². The second-order valence-corrected chi connectivity index (χ2v) is 9.07. The lowest BCUT2D eigenvalue weighted by Gasteiger charge is -2.27. The fraction of sp³-hybridized carbons (Fsp3) is 1.00. The van der Waals surface area contributed by atoms with Crippen molar-refractivity contribution < 1.29 is 28.7 Å². The first-order valence-corrected chi connectivity index (χ1v) is 9.13. The largest absolute Gasteiger partial charge is 0.332 e. The van der Waals surface area contributed by atoms with Crippen LogP contribution in [0.3, 0.4) is 0 Å². The van der Waals surface area contributed by atoms with Gasteiger partial charge in [0.15, 0.2) is 0 Å². The molecule has 0 spiro atoms. The van der Waals surface area contributed by atoms with Gasteiger partial charge in [0.2, 0.25) is 0 Å². The second-order valence-electron chi connectivity index (χ2n) is 5.35. The molecule has 100 valence electrons. The zero-order chi connectivity index (χ0) is 12.9. The highest BCUT2D eigenvalue weighted by atomic mass is 31.2. The van der Waals surface area contributed by atoms with Crippen molar-refractivity contribution in [2.45, 2.75) is 43.7 Å². The molecule has 0 aliphatic heterocycles. The molecule has 0 unspecified atom stereocenters. The van der Waals surface area contributed by atoms with Gasteiger partial charge in [-0.3, -0.25) is 9.13 Å². The van der Waals surface area contributed by atoms with E-state index in [9.17, 15) is 18.9 Å². The molecule has 0 atom stereocenters. The van der Waals surface area contributed by atoms with Crippen molar-refractivity contribution in [3.63, 3.8) is 0 Å². The Balaban J connectivity index is 1.97.